The number of fused-ring (bicyclic) bond motifs is 2. The van der Waals surface area contributed by atoms with Crippen LogP contribution in [-0.4, -0.2) is 83.4 Å². The van der Waals surface area contributed by atoms with Crippen molar-refractivity contribution in [1.82, 2.24) is 20.1 Å². The Morgan fingerprint density at radius 2 is 1.76 bits per heavy atom. The van der Waals surface area contributed by atoms with Crippen LogP contribution in [0.5, 0.6) is 0 Å². The molecule has 2 fully saturated rings. The van der Waals surface area contributed by atoms with Crippen molar-refractivity contribution in [2.45, 2.75) is 32.6 Å². The van der Waals surface area contributed by atoms with Crippen LogP contribution in [0.15, 0.2) is 40.9 Å². The maximum Gasteiger partial charge on any atom is 0.250 e. The van der Waals surface area contributed by atoms with E-state index in [0.29, 0.717) is 22.9 Å². The zero-order valence-electron chi connectivity index (χ0n) is 22.1. The van der Waals surface area contributed by atoms with Gasteiger partial charge in [-0.15, -0.1) is 10.2 Å². The summed E-state index contributed by atoms with van der Waals surface area (Å²) < 4.78 is 9.64. The van der Waals surface area contributed by atoms with Crippen LogP contribution in [0.2, 0.25) is 0 Å². The Balaban J connectivity index is 1.35. The van der Waals surface area contributed by atoms with Crippen LogP contribution in [0.4, 0.5) is 17.2 Å². The highest BCUT2D eigenvalue weighted by atomic mass is 32.2. The fourth-order valence-corrected chi connectivity index (χ4v) is 6.35. The first-order valence-electron chi connectivity index (χ1n) is 13.8. The largest absolute Gasteiger partial charge is 0.416 e. The molecule has 0 amide bonds. The third-order valence-corrected chi connectivity index (χ3v) is 9.06. The minimum Gasteiger partial charge on any atom is -0.416 e. The van der Waals surface area contributed by atoms with Crippen molar-refractivity contribution < 1.29 is 9.52 Å². The molecule has 7 heterocycles. The lowest BCUT2D eigenvalue weighted by Gasteiger charge is -2.41. The van der Waals surface area contributed by atoms with E-state index in [0.717, 1.165) is 74.1 Å². The van der Waals surface area contributed by atoms with Gasteiger partial charge in [-0.1, -0.05) is 18.9 Å². The summed E-state index contributed by atoms with van der Waals surface area (Å²) in [6.45, 7) is 9.85. The molecule has 0 aliphatic carbocycles. The van der Waals surface area contributed by atoms with Gasteiger partial charge in [-0.2, -0.15) is 0 Å². The molecule has 5 aliphatic heterocycles. The summed E-state index contributed by atoms with van der Waals surface area (Å²) in [5, 5.41) is 18.1. The van der Waals surface area contributed by atoms with Gasteiger partial charge in [-0.3, -0.25) is 4.90 Å². The van der Waals surface area contributed by atoms with Crippen molar-refractivity contribution in [3.63, 3.8) is 0 Å². The summed E-state index contributed by atoms with van der Waals surface area (Å²) in [5.41, 5.74) is 4.33. The average Bonchev–Trinajstić information content (AvgIpc) is 3.44. The Morgan fingerprint density at radius 1 is 0.947 bits per heavy atom. The van der Waals surface area contributed by atoms with E-state index in [2.05, 4.69) is 59.7 Å². The molecule has 3 aromatic rings. The van der Waals surface area contributed by atoms with Crippen LogP contribution in [-0.2, 0) is 0 Å². The Labute approximate surface area is 228 Å². The summed E-state index contributed by atoms with van der Waals surface area (Å²) in [4.78, 5) is 12.1. The van der Waals surface area contributed by atoms with Crippen molar-refractivity contribution in [3.05, 3.63) is 36.5 Å². The Morgan fingerprint density at radius 3 is 2.58 bits per heavy atom. The SMILES string of the molecule is CC12CCCN3CCN(CC3)c3cc(NSCCO)ccc3-c3nnc(o3)-c3ccnc(c3)N(CC1)CC2. The van der Waals surface area contributed by atoms with Gasteiger partial charge in [0.15, 0.2) is 0 Å². The van der Waals surface area contributed by atoms with E-state index in [1.165, 1.54) is 37.6 Å². The minimum absolute atomic E-state index is 0.142. The van der Waals surface area contributed by atoms with Crippen LogP contribution in [0.3, 0.4) is 0 Å². The predicted molar refractivity (Wildman–Crippen MR) is 154 cm³/mol. The molecule has 38 heavy (non-hydrogen) atoms. The minimum atomic E-state index is 0.142. The third kappa shape index (κ3) is 5.48. The number of nitrogens with one attached hydrogen (secondary N) is 1. The average molecular weight is 536 g/mol. The monoisotopic (exact) mass is 535 g/mol. The molecule has 0 saturated carbocycles. The molecule has 2 N–H and O–H groups in total. The van der Waals surface area contributed by atoms with Crippen molar-refractivity contribution in [2.24, 2.45) is 5.41 Å². The van der Waals surface area contributed by atoms with E-state index in [4.69, 9.17) is 9.52 Å². The molecular formula is C28H37N7O2S. The van der Waals surface area contributed by atoms with Gasteiger partial charge in [0.1, 0.15) is 5.82 Å². The van der Waals surface area contributed by atoms with E-state index in [9.17, 15) is 0 Å². The van der Waals surface area contributed by atoms with Crippen LogP contribution in [0, 0.1) is 5.41 Å². The molecule has 8 rings (SSSR count). The van der Waals surface area contributed by atoms with Crippen molar-refractivity contribution in [1.29, 1.82) is 0 Å². The molecule has 0 spiro atoms. The van der Waals surface area contributed by atoms with Crippen molar-refractivity contribution in [2.75, 3.05) is 72.7 Å². The summed E-state index contributed by atoms with van der Waals surface area (Å²) >= 11 is 1.50. The second-order valence-electron chi connectivity index (χ2n) is 11.0. The normalized spacial score (nSPS) is 23.5. The van der Waals surface area contributed by atoms with Gasteiger partial charge >= 0.3 is 0 Å². The van der Waals surface area contributed by atoms with Gasteiger partial charge in [-0.05, 0) is 68.0 Å². The lowest BCUT2D eigenvalue weighted by atomic mass is 9.76. The summed E-state index contributed by atoms with van der Waals surface area (Å²) in [5.74, 6) is 2.65. The number of nitrogens with zero attached hydrogens (tertiary/aromatic N) is 6. The zero-order valence-corrected chi connectivity index (χ0v) is 22.9. The zero-order chi connectivity index (χ0) is 26.0. The fourth-order valence-electron chi connectivity index (χ4n) is 5.86. The molecular weight excluding hydrogens is 498 g/mol. The molecule has 202 valence electrons. The molecule has 0 radical (unpaired) electrons. The number of rotatable bonds is 4. The number of hydrogen-bond acceptors (Lipinski definition) is 10. The molecule has 2 aromatic heterocycles. The number of aliphatic hydroxyl groups is 1. The molecule has 0 unspecified atom stereocenters. The Kier molecular flexibility index (Phi) is 7.45. The highest BCUT2D eigenvalue weighted by Gasteiger charge is 2.31. The summed E-state index contributed by atoms with van der Waals surface area (Å²) in [7, 11) is 0. The van der Waals surface area contributed by atoms with Crippen LogP contribution < -0.4 is 14.5 Å². The predicted octanol–water partition coefficient (Wildman–Crippen LogP) is 4.37. The highest BCUT2D eigenvalue weighted by molar-refractivity contribution is 8.00. The second-order valence-corrected chi connectivity index (χ2v) is 11.9. The number of pyridine rings is 1. The number of piperidine rings is 1. The number of aliphatic hydroxyl groups excluding tert-OH is 1. The molecule has 8 bridgehead atoms. The van der Waals surface area contributed by atoms with Crippen LogP contribution in [0.1, 0.15) is 32.6 Å². The molecule has 5 aliphatic rings. The van der Waals surface area contributed by atoms with E-state index in [-0.39, 0.29) is 6.61 Å². The van der Waals surface area contributed by atoms with Gasteiger partial charge in [0.05, 0.1) is 17.9 Å². The van der Waals surface area contributed by atoms with Crippen LogP contribution >= 0.6 is 11.9 Å². The van der Waals surface area contributed by atoms with E-state index in [1.54, 1.807) is 0 Å². The van der Waals surface area contributed by atoms with Crippen LogP contribution in [0.25, 0.3) is 22.9 Å². The highest BCUT2D eigenvalue weighted by Crippen LogP contribution is 2.39. The quantitative estimate of drug-likeness (QED) is 0.370. The molecule has 9 nitrogen and oxygen atoms in total. The number of benzene rings is 1. The van der Waals surface area contributed by atoms with E-state index in [1.807, 2.05) is 18.3 Å². The standard InChI is InChI=1S/C28H37N7O2S/c1-28-6-2-10-33-13-15-34(16-14-33)24-20-22(32-38-18-17-36)3-4-23(24)27-31-30-26(37-27)21-5-9-29-25(19-21)35(11-7-28)12-8-28/h3-5,9,19-20,32,36H,2,6-8,10-18H2,1H3. The lowest BCUT2D eigenvalue weighted by molar-refractivity contribution is 0.193. The number of anilines is 3. The number of hydrogen-bond donors (Lipinski definition) is 2. The molecule has 1 aromatic carbocycles. The molecule has 10 heteroatoms. The Hall–Kier alpha value is -2.82. The van der Waals surface area contributed by atoms with Gasteiger partial charge in [0.2, 0.25) is 11.8 Å². The smallest absolute Gasteiger partial charge is 0.250 e. The second kappa shape index (κ2) is 11.1. The Bertz CT molecular complexity index is 1240. The summed E-state index contributed by atoms with van der Waals surface area (Å²) in [6.07, 6.45) is 6.77. The number of piperazine rings is 1. The van der Waals surface area contributed by atoms with Crippen molar-refractivity contribution >= 4 is 29.1 Å². The maximum absolute atomic E-state index is 9.17. The lowest BCUT2D eigenvalue weighted by Crippen LogP contribution is -2.47. The van der Waals surface area contributed by atoms with E-state index >= 15 is 0 Å². The van der Waals surface area contributed by atoms with Gasteiger partial charge in [0.25, 0.3) is 0 Å². The fraction of sp³-hybridized carbons (Fsp3) is 0.536. The first-order chi connectivity index (χ1) is 18.6. The van der Waals surface area contributed by atoms with Gasteiger partial charge < -0.3 is 24.0 Å². The molecule has 0 atom stereocenters. The van der Waals surface area contributed by atoms with Gasteiger partial charge in [0, 0.05) is 62.5 Å². The summed E-state index contributed by atoms with van der Waals surface area (Å²) in [6, 6.07) is 10.3. The third-order valence-electron chi connectivity index (χ3n) is 8.29. The maximum atomic E-state index is 9.17. The number of aromatic nitrogens is 3. The topological polar surface area (TPSA) is 93.8 Å². The molecule has 2 saturated heterocycles. The van der Waals surface area contributed by atoms with Crippen molar-refractivity contribution in [3.8, 4) is 22.9 Å². The first-order valence-corrected chi connectivity index (χ1v) is 14.7. The van der Waals surface area contributed by atoms with E-state index < -0.39 is 0 Å². The van der Waals surface area contributed by atoms with Gasteiger partial charge in [-0.25, -0.2) is 4.98 Å². The first kappa shape index (κ1) is 25.5.